The first kappa shape index (κ1) is 12.5. The van der Waals surface area contributed by atoms with E-state index in [1.165, 1.54) is 0 Å². The second-order valence-electron chi connectivity index (χ2n) is 3.98. The van der Waals surface area contributed by atoms with Crippen molar-refractivity contribution in [3.05, 3.63) is 11.4 Å². The summed E-state index contributed by atoms with van der Waals surface area (Å²) in [7, 11) is 1.66. The van der Waals surface area contributed by atoms with Crippen molar-refractivity contribution in [3.63, 3.8) is 0 Å². The molecule has 0 aliphatic heterocycles. The molecule has 0 saturated carbocycles. The highest BCUT2D eigenvalue weighted by Crippen LogP contribution is 2.20. The first-order valence-corrected chi connectivity index (χ1v) is 5.63. The molecule has 0 aliphatic carbocycles. The van der Waals surface area contributed by atoms with Crippen molar-refractivity contribution in [1.29, 1.82) is 0 Å². The van der Waals surface area contributed by atoms with Gasteiger partial charge in [0.05, 0.1) is 24.2 Å². The normalized spacial score (nSPS) is 13.5. The summed E-state index contributed by atoms with van der Waals surface area (Å²) in [5, 5.41) is 8.19. The first-order valence-electron chi connectivity index (χ1n) is 5.09. The van der Waals surface area contributed by atoms with Crippen molar-refractivity contribution in [2.24, 2.45) is 5.92 Å². The second-order valence-corrected chi connectivity index (χ2v) is 4.25. The van der Waals surface area contributed by atoms with Crippen LogP contribution in [0.25, 0.3) is 0 Å². The Balaban J connectivity index is 3.01. The van der Waals surface area contributed by atoms with E-state index in [2.05, 4.69) is 31.1 Å². The van der Waals surface area contributed by atoms with E-state index in [0.29, 0.717) is 24.4 Å². The molecule has 0 N–H and O–H groups in total. The van der Waals surface area contributed by atoms with Crippen molar-refractivity contribution >= 4 is 11.6 Å². The number of hydrogen-bond donors (Lipinski definition) is 0. The third kappa shape index (κ3) is 2.69. The Morgan fingerprint density at radius 1 is 1.40 bits per heavy atom. The zero-order valence-corrected chi connectivity index (χ0v) is 10.5. The number of hydrogen-bond acceptors (Lipinski definition) is 3. The predicted octanol–water partition coefficient (Wildman–Crippen LogP) is 2.38. The molecule has 4 nitrogen and oxygen atoms in total. The fraction of sp³-hybridized carbons (Fsp3) is 0.800. The Hall–Kier alpha value is -0.610. The van der Waals surface area contributed by atoms with Crippen LogP contribution in [0.3, 0.4) is 0 Å². The Kier molecular flexibility index (Phi) is 4.54. The molecule has 1 heterocycles. The van der Waals surface area contributed by atoms with E-state index in [0.717, 1.165) is 11.4 Å². The van der Waals surface area contributed by atoms with E-state index in [1.807, 2.05) is 4.68 Å². The van der Waals surface area contributed by atoms with Gasteiger partial charge in [0.25, 0.3) is 0 Å². The van der Waals surface area contributed by atoms with Gasteiger partial charge in [0.2, 0.25) is 0 Å². The maximum Gasteiger partial charge on any atom is 0.103 e. The van der Waals surface area contributed by atoms with Gasteiger partial charge in [-0.15, -0.1) is 16.7 Å². The maximum absolute atomic E-state index is 5.79. The lowest BCUT2D eigenvalue weighted by Gasteiger charge is -2.18. The number of nitrogens with zero attached hydrogens (tertiary/aromatic N) is 3. The van der Waals surface area contributed by atoms with E-state index in [-0.39, 0.29) is 0 Å². The standard InChI is InChI=1S/C10H18ClN3O/c1-7(2)8(3)14-10(6-15-4)9(5-11)12-13-14/h7-8H,5-6H2,1-4H3. The quantitative estimate of drug-likeness (QED) is 0.731. The molecule has 86 valence electrons. The summed E-state index contributed by atoms with van der Waals surface area (Å²) >= 11 is 5.79. The molecule has 0 radical (unpaired) electrons. The lowest BCUT2D eigenvalue weighted by Crippen LogP contribution is -2.16. The van der Waals surface area contributed by atoms with Crippen LogP contribution in [0.5, 0.6) is 0 Å². The van der Waals surface area contributed by atoms with Crippen LogP contribution in [-0.2, 0) is 17.2 Å². The predicted molar refractivity (Wildman–Crippen MR) is 59.8 cm³/mol. The molecule has 0 saturated heterocycles. The van der Waals surface area contributed by atoms with E-state index in [1.54, 1.807) is 7.11 Å². The van der Waals surface area contributed by atoms with E-state index in [9.17, 15) is 0 Å². The number of alkyl halides is 1. The molecule has 0 spiro atoms. The zero-order valence-electron chi connectivity index (χ0n) is 9.70. The van der Waals surface area contributed by atoms with Gasteiger partial charge in [-0.25, -0.2) is 4.68 Å². The maximum atomic E-state index is 5.79. The summed E-state index contributed by atoms with van der Waals surface area (Å²) in [4.78, 5) is 0. The number of rotatable bonds is 5. The van der Waals surface area contributed by atoms with Crippen molar-refractivity contribution in [2.45, 2.75) is 39.3 Å². The minimum Gasteiger partial charge on any atom is -0.378 e. The molecule has 1 unspecified atom stereocenters. The van der Waals surface area contributed by atoms with E-state index in [4.69, 9.17) is 16.3 Å². The molecular formula is C10H18ClN3O. The van der Waals surface area contributed by atoms with Gasteiger partial charge in [-0.2, -0.15) is 0 Å². The highest BCUT2D eigenvalue weighted by atomic mass is 35.5. The third-order valence-corrected chi connectivity index (χ3v) is 2.88. The average Bonchev–Trinajstić information content (AvgIpc) is 2.60. The summed E-state index contributed by atoms with van der Waals surface area (Å²) in [5.41, 5.74) is 1.79. The van der Waals surface area contributed by atoms with Crippen molar-refractivity contribution in [3.8, 4) is 0 Å². The molecule has 0 fully saturated rings. The van der Waals surface area contributed by atoms with Crippen LogP contribution >= 0.6 is 11.6 Å². The molecule has 1 aromatic heterocycles. The molecule has 0 amide bonds. The van der Waals surface area contributed by atoms with Crippen LogP contribution in [0, 0.1) is 5.92 Å². The molecular weight excluding hydrogens is 214 g/mol. The van der Waals surface area contributed by atoms with Crippen LogP contribution in [-0.4, -0.2) is 22.1 Å². The van der Waals surface area contributed by atoms with Gasteiger partial charge in [-0.1, -0.05) is 19.1 Å². The summed E-state index contributed by atoms with van der Waals surface area (Å²) in [6.45, 7) is 6.94. The highest BCUT2D eigenvalue weighted by molar-refractivity contribution is 6.16. The van der Waals surface area contributed by atoms with Crippen molar-refractivity contribution < 1.29 is 4.74 Å². The van der Waals surface area contributed by atoms with Gasteiger partial charge in [-0.05, 0) is 12.8 Å². The van der Waals surface area contributed by atoms with Crippen LogP contribution in [0.2, 0.25) is 0 Å². The molecule has 1 aromatic rings. The Labute approximate surface area is 95.6 Å². The SMILES string of the molecule is COCc1c(CCl)nnn1C(C)C(C)C. The Bertz CT molecular complexity index is 312. The summed E-state index contributed by atoms with van der Waals surface area (Å²) in [6.07, 6.45) is 0. The van der Waals surface area contributed by atoms with Gasteiger partial charge >= 0.3 is 0 Å². The van der Waals surface area contributed by atoms with E-state index >= 15 is 0 Å². The Morgan fingerprint density at radius 2 is 2.07 bits per heavy atom. The molecule has 15 heavy (non-hydrogen) atoms. The molecule has 1 atom stereocenters. The zero-order chi connectivity index (χ0) is 11.4. The summed E-state index contributed by atoms with van der Waals surface area (Å²) < 4.78 is 7.05. The fourth-order valence-electron chi connectivity index (χ4n) is 1.35. The Morgan fingerprint density at radius 3 is 2.53 bits per heavy atom. The van der Waals surface area contributed by atoms with Gasteiger partial charge < -0.3 is 4.74 Å². The third-order valence-electron chi connectivity index (χ3n) is 2.63. The monoisotopic (exact) mass is 231 g/mol. The summed E-state index contributed by atoms with van der Waals surface area (Å²) in [5.74, 6) is 0.884. The molecule has 1 rings (SSSR count). The molecule has 5 heteroatoms. The van der Waals surface area contributed by atoms with Crippen molar-refractivity contribution in [2.75, 3.05) is 7.11 Å². The highest BCUT2D eigenvalue weighted by Gasteiger charge is 2.18. The number of aromatic nitrogens is 3. The smallest absolute Gasteiger partial charge is 0.103 e. The van der Waals surface area contributed by atoms with Crippen LogP contribution in [0.15, 0.2) is 0 Å². The topological polar surface area (TPSA) is 39.9 Å². The van der Waals surface area contributed by atoms with Gasteiger partial charge in [0.15, 0.2) is 0 Å². The largest absolute Gasteiger partial charge is 0.378 e. The van der Waals surface area contributed by atoms with Crippen LogP contribution < -0.4 is 0 Å². The van der Waals surface area contributed by atoms with Crippen molar-refractivity contribution in [1.82, 2.24) is 15.0 Å². The second kappa shape index (κ2) is 5.47. The first-order chi connectivity index (χ1) is 7.11. The lowest BCUT2D eigenvalue weighted by molar-refractivity contribution is 0.171. The number of ether oxygens (including phenoxy) is 1. The van der Waals surface area contributed by atoms with Gasteiger partial charge in [-0.3, -0.25) is 0 Å². The fourth-order valence-corrected chi connectivity index (χ4v) is 1.55. The van der Waals surface area contributed by atoms with E-state index < -0.39 is 0 Å². The average molecular weight is 232 g/mol. The number of halogens is 1. The minimum atomic E-state index is 0.305. The lowest BCUT2D eigenvalue weighted by atomic mass is 10.1. The minimum absolute atomic E-state index is 0.305. The number of methoxy groups -OCH3 is 1. The van der Waals surface area contributed by atoms with Crippen LogP contribution in [0.1, 0.15) is 38.2 Å². The van der Waals surface area contributed by atoms with Crippen LogP contribution in [0.4, 0.5) is 0 Å². The molecule has 0 aromatic carbocycles. The molecule has 0 aliphatic rings. The summed E-state index contributed by atoms with van der Waals surface area (Å²) in [6, 6.07) is 0.305. The van der Waals surface area contributed by atoms with Gasteiger partial charge in [0.1, 0.15) is 5.69 Å². The molecule has 0 bridgehead atoms. The van der Waals surface area contributed by atoms with Gasteiger partial charge in [0, 0.05) is 7.11 Å².